The van der Waals surface area contributed by atoms with Gasteiger partial charge in [0.15, 0.2) is 0 Å². The molecule has 0 radical (unpaired) electrons. The van der Waals surface area contributed by atoms with Gasteiger partial charge < -0.3 is 9.47 Å². The molecule has 15 heavy (non-hydrogen) atoms. The summed E-state index contributed by atoms with van der Waals surface area (Å²) in [7, 11) is 1.57. The summed E-state index contributed by atoms with van der Waals surface area (Å²) >= 11 is 0. The first-order valence-corrected chi connectivity index (χ1v) is 4.69. The fourth-order valence-corrected chi connectivity index (χ4v) is 1.29. The molecule has 0 saturated heterocycles. The van der Waals surface area contributed by atoms with Crippen LogP contribution < -0.4 is 4.74 Å². The molecule has 0 saturated carbocycles. The van der Waals surface area contributed by atoms with Crippen LogP contribution >= 0.6 is 0 Å². The molecule has 0 amide bonds. The Morgan fingerprint density at radius 2 is 2.07 bits per heavy atom. The van der Waals surface area contributed by atoms with E-state index in [9.17, 15) is 4.79 Å². The van der Waals surface area contributed by atoms with Gasteiger partial charge in [-0.3, -0.25) is 4.79 Å². The summed E-state index contributed by atoms with van der Waals surface area (Å²) in [5.41, 5.74) is 2.70. The van der Waals surface area contributed by atoms with Crippen molar-refractivity contribution in [2.24, 2.45) is 0 Å². The minimum absolute atomic E-state index is 0.192. The summed E-state index contributed by atoms with van der Waals surface area (Å²) in [4.78, 5) is 14.9. The molecule has 0 aromatic carbocycles. The third-order valence-corrected chi connectivity index (χ3v) is 2.07. The SMILES string of the molecule is COc1nc(COC(C)=O)c(C)cc1C. The molecule has 4 heteroatoms. The van der Waals surface area contributed by atoms with Crippen LogP contribution in [0.15, 0.2) is 6.07 Å². The van der Waals surface area contributed by atoms with Crippen molar-refractivity contribution in [2.75, 3.05) is 7.11 Å². The standard InChI is InChI=1S/C11H15NO3/c1-7-5-8(2)11(14-4)12-10(7)6-15-9(3)13/h5H,6H2,1-4H3. The number of carbonyl (C=O) groups is 1. The number of esters is 1. The molecule has 0 aliphatic heterocycles. The quantitative estimate of drug-likeness (QED) is 0.712. The number of aromatic nitrogens is 1. The highest BCUT2D eigenvalue weighted by Crippen LogP contribution is 2.18. The minimum Gasteiger partial charge on any atom is -0.481 e. The predicted octanol–water partition coefficient (Wildman–Crippen LogP) is 1.77. The number of aryl methyl sites for hydroxylation is 2. The molecule has 0 aliphatic carbocycles. The number of rotatable bonds is 3. The van der Waals surface area contributed by atoms with Gasteiger partial charge in [-0.2, -0.15) is 0 Å². The molecule has 1 heterocycles. The second-order valence-electron chi connectivity index (χ2n) is 3.36. The van der Waals surface area contributed by atoms with Crippen molar-refractivity contribution < 1.29 is 14.3 Å². The van der Waals surface area contributed by atoms with E-state index in [1.165, 1.54) is 6.92 Å². The predicted molar refractivity (Wildman–Crippen MR) is 55.7 cm³/mol. The molecule has 1 aromatic rings. The highest BCUT2D eigenvalue weighted by Gasteiger charge is 2.07. The van der Waals surface area contributed by atoms with Crippen molar-refractivity contribution in [1.29, 1.82) is 0 Å². The Hall–Kier alpha value is -1.58. The van der Waals surface area contributed by atoms with E-state index >= 15 is 0 Å². The molecule has 0 fully saturated rings. The van der Waals surface area contributed by atoms with Crippen LogP contribution in [-0.2, 0) is 16.1 Å². The molecule has 1 rings (SSSR count). The van der Waals surface area contributed by atoms with E-state index in [0.29, 0.717) is 5.88 Å². The Morgan fingerprint density at radius 3 is 2.60 bits per heavy atom. The number of nitrogens with zero attached hydrogens (tertiary/aromatic N) is 1. The van der Waals surface area contributed by atoms with Crippen LogP contribution in [0.25, 0.3) is 0 Å². The van der Waals surface area contributed by atoms with Gasteiger partial charge in [0.2, 0.25) is 5.88 Å². The Morgan fingerprint density at radius 1 is 1.40 bits per heavy atom. The second kappa shape index (κ2) is 4.77. The molecule has 0 bridgehead atoms. The maximum Gasteiger partial charge on any atom is 0.303 e. The topological polar surface area (TPSA) is 48.4 Å². The summed E-state index contributed by atoms with van der Waals surface area (Å²) < 4.78 is 9.99. The smallest absolute Gasteiger partial charge is 0.303 e. The lowest BCUT2D eigenvalue weighted by Crippen LogP contribution is -2.04. The van der Waals surface area contributed by atoms with Gasteiger partial charge in [0.05, 0.1) is 12.8 Å². The van der Waals surface area contributed by atoms with E-state index < -0.39 is 0 Å². The van der Waals surface area contributed by atoms with Gasteiger partial charge in [-0.25, -0.2) is 4.98 Å². The summed E-state index contributed by atoms with van der Waals surface area (Å²) in [6.45, 7) is 5.42. The monoisotopic (exact) mass is 209 g/mol. The molecule has 0 atom stereocenters. The first-order valence-electron chi connectivity index (χ1n) is 4.69. The molecule has 0 unspecified atom stereocenters. The molecule has 1 aromatic heterocycles. The number of ether oxygens (including phenoxy) is 2. The van der Waals surface area contributed by atoms with Crippen molar-refractivity contribution in [3.8, 4) is 5.88 Å². The van der Waals surface area contributed by atoms with Gasteiger partial charge in [-0.1, -0.05) is 0 Å². The third kappa shape index (κ3) is 2.94. The number of carbonyl (C=O) groups excluding carboxylic acids is 1. The average molecular weight is 209 g/mol. The third-order valence-electron chi connectivity index (χ3n) is 2.07. The summed E-state index contributed by atoms with van der Waals surface area (Å²) in [5, 5.41) is 0. The molecule has 4 nitrogen and oxygen atoms in total. The lowest BCUT2D eigenvalue weighted by atomic mass is 10.1. The van der Waals surface area contributed by atoms with E-state index in [1.807, 2.05) is 19.9 Å². The van der Waals surface area contributed by atoms with Crippen LogP contribution in [0.5, 0.6) is 5.88 Å². The lowest BCUT2D eigenvalue weighted by Gasteiger charge is -2.09. The van der Waals surface area contributed by atoms with Crippen LogP contribution in [0.1, 0.15) is 23.7 Å². The maximum absolute atomic E-state index is 10.7. The van der Waals surface area contributed by atoms with Crippen LogP contribution in [0.4, 0.5) is 0 Å². The van der Waals surface area contributed by atoms with Crippen LogP contribution in [0.3, 0.4) is 0 Å². The molecular formula is C11H15NO3. The van der Waals surface area contributed by atoms with E-state index in [4.69, 9.17) is 9.47 Å². The van der Waals surface area contributed by atoms with Crippen LogP contribution in [0, 0.1) is 13.8 Å². The van der Waals surface area contributed by atoms with Crippen molar-refractivity contribution >= 4 is 5.97 Å². The summed E-state index contributed by atoms with van der Waals surface area (Å²) in [5.74, 6) is 0.262. The first-order chi connectivity index (χ1) is 7.04. The average Bonchev–Trinajstić information content (AvgIpc) is 2.16. The van der Waals surface area contributed by atoms with Crippen LogP contribution in [0.2, 0.25) is 0 Å². The Balaban J connectivity index is 2.92. The fraction of sp³-hybridized carbons (Fsp3) is 0.455. The highest BCUT2D eigenvalue weighted by molar-refractivity contribution is 5.65. The zero-order chi connectivity index (χ0) is 11.4. The molecule has 0 spiro atoms. The lowest BCUT2D eigenvalue weighted by molar-refractivity contribution is -0.142. The minimum atomic E-state index is -0.309. The summed E-state index contributed by atoms with van der Waals surface area (Å²) in [6.07, 6.45) is 0. The number of methoxy groups -OCH3 is 1. The fourth-order valence-electron chi connectivity index (χ4n) is 1.29. The second-order valence-corrected chi connectivity index (χ2v) is 3.36. The Labute approximate surface area is 89.2 Å². The number of hydrogen-bond donors (Lipinski definition) is 0. The first kappa shape index (κ1) is 11.5. The maximum atomic E-state index is 10.7. The van der Waals surface area contributed by atoms with Crippen molar-refractivity contribution in [2.45, 2.75) is 27.4 Å². The van der Waals surface area contributed by atoms with E-state index in [0.717, 1.165) is 16.8 Å². The van der Waals surface area contributed by atoms with Crippen molar-refractivity contribution in [1.82, 2.24) is 4.98 Å². The van der Waals surface area contributed by atoms with E-state index in [-0.39, 0.29) is 12.6 Å². The van der Waals surface area contributed by atoms with Gasteiger partial charge in [0.1, 0.15) is 6.61 Å². The largest absolute Gasteiger partial charge is 0.481 e. The zero-order valence-corrected chi connectivity index (χ0v) is 9.46. The summed E-state index contributed by atoms with van der Waals surface area (Å²) in [6, 6.07) is 1.96. The number of hydrogen-bond acceptors (Lipinski definition) is 4. The normalized spacial score (nSPS) is 9.87. The Bertz CT molecular complexity index is 374. The number of pyridine rings is 1. The highest BCUT2D eigenvalue weighted by atomic mass is 16.5. The molecule has 0 N–H and O–H groups in total. The van der Waals surface area contributed by atoms with Crippen LogP contribution in [-0.4, -0.2) is 18.1 Å². The molecule has 82 valence electrons. The molecular weight excluding hydrogens is 194 g/mol. The van der Waals surface area contributed by atoms with Gasteiger partial charge in [0, 0.05) is 12.5 Å². The van der Waals surface area contributed by atoms with Crippen molar-refractivity contribution in [3.63, 3.8) is 0 Å². The van der Waals surface area contributed by atoms with Gasteiger partial charge in [0.25, 0.3) is 0 Å². The van der Waals surface area contributed by atoms with Gasteiger partial charge in [-0.15, -0.1) is 0 Å². The van der Waals surface area contributed by atoms with Gasteiger partial charge in [-0.05, 0) is 25.5 Å². The zero-order valence-electron chi connectivity index (χ0n) is 9.46. The van der Waals surface area contributed by atoms with E-state index in [1.54, 1.807) is 7.11 Å². The van der Waals surface area contributed by atoms with Crippen molar-refractivity contribution in [3.05, 3.63) is 22.9 Å². The molecule has 0 aliphatic rings. The van der Waals surface area contributed by atoms with Gasteiger partial charge >= 0.3 is 5.97 Å². The van der Waals surface area contributed by atoms with E-state index in [2.05, 4.69) is 4.98 Å². The Kier molecular flexibility index (Phi) is 3.66.